The van der Waals surface area contributed by atoms with Crippen molar-refractivity contribution in [2.75, 3.05) is 27.2 Å². The minimum atomic E-state index is -0.290. The first kappa shape index (κ1) is 12.1. The van der Waals surface area contributed by atoms with Gasteiger partial charge in [0.1, 0.15) is 0 Å². The maximum Gasteiger partial charge on any atom is 0.0876 e. The number of aliphatic hydroxyl groups is 1. The first-order chi connectivity index (χ1) is 7.68. The minimum absolute atomic E-state index is 0.290. The van der Waals surface area contributed by atoms with Crippen molar-refractivity contribution in [2.45, 2.75) is 43.9 Å². The largest absolute Gasteiger partial charge is 0.387 e. The van der Waals surface area contributed by atoms with Gasteiger partial charge in [-0.3, -0.25) is 4.90 Å². The number of rotatable bonds is 3. The molecule has 16 heavy (non-hydrogen) atoms. The zero-order valence-corrected chi connectivity index (χ0v) is 10.5. The molecule has 0 saturated carbocycles. The van der Waals surface area contributed by atoms with Crippen molar-refractivity contribution in [1.82, 2.24) is 9.80 Å². The average molecular weight is 224 g/mol. The molecule has 92 valence electrons. The molecule has 0 aromatic carbocycles. The lowest BCUT2D eigenvalue weighted by atomic mass is 10.1. The highest BCUT2D eigenvalue weighted by Crippen LogP contribution is 2.20. The lowest BCUT2D eigenvalue weighted by molar-refractivity contribution is 0.122. The Kier molecular flexibility index (Phi) is 4.00. The Morgan fingerprint density at radius 1 is 1.12 bits per heavy atom. The summed E-state index contributed by atoms with van der Waals surface area (Å²) in [7, 11) is 4.27. The van der Waals surface area contributed by atoms with Gasteiger partial charge in [-0.2, -0.15) is 0 Å². The second-order valence-electron chi connectivity index (χ2n) is 5.26. The van der Waals surface area contributed by atoms with E-state index in [0.29, 0.717) is 12.1 Å². The van der Waals surface area contributed by atoms with Gasteiger partial charge in [-0.1, -0.05) is 12.2 Å². The quantitative estimate of drug-likeness (QED) is 0.727. The van der Waals surface area contributed by atoms with Crippen LogP contribution in [0.2, 0.25) is 0 Å². The summed E-state index contributed by atoms with van der Waals surface area (Å²) in [6.45, 7) is 2.31. The van der Waals surface area contributed by atoms with Crippen molar-refractivity contribution in [1.29, 1.82) is 0 Å². The Bertz CT molecular complexity index is 254. The van der Waals surface area contributed by atoms with Crippen LogP contribution in [0.3, 0.4) is 0 Å². The highest BCUT2D eigenvalue weighted by molar-refractivity contribution is 5.03. The topological polar surface area (TPSA) is 26.7 Å². The van der Waals surface area contributed by atoms with Crippen LogP contribution in [0.5, 0.6) is 0 Å². The molecule has 2 aliphatic rings. The zero-order chi connectivity index (χ0) is 11.5. The van der Waals surface area contributed by atoms with Crippen LogP contribution < -0.4 is 0 Å². The van der Waals surface area contributed by atoms with Crippen LogP contribution in [0, 0.1) is 0 Å². The van der Waals surface area contributed by atoms with E-state index < -0.39 is 0 Å². The molecule has 0 aromatic heterocycles. The summed E-state index contributed by atoms with van der Waals surface area (Å²) >= 11 is 0. The van der Waals surface area contributed by atoms with E-state index in [-0.39, 0.29) is 6.10 Å². The molecule has 0 aliphatic carbocycles. The van der Waals surface area contributed by atoms with E-state index in [0.717, 1.165) is 13.0 Å². The van der Waals surface area contributed by atoms with Crippen molar-refractivity contribution in [3.05, 3.63) is 12.2 Å². The van der Waals surface area contributed by atoms with Gasteiger partial charge in [0, 0.05) is 12.1 Å². The molecular formula is C13H24N2O. The monoisotopic (exact) mass is 224 g/mol. The molecule has 3 heteroatoms. The van der Waals surface area contributed by atoms with Crippen LogP contribution in [0.1, 0.15) is 25.7 Å². The van der Waals surface area contributed by atoms with Gasteiger partial charge in [-0.15, -0.1) is 0 Å². The maximum atomic E-state index is 10.1. The summed E-state index contributed by atoms with van der Waals surface area (Å²) in [5.41, 5.74) is 0. The first-order valence-electron chi connectivity index (χ1n) is 6.45. The SMILES string of the molecule is CN1CCCC1/C=C/C(O)C1CCCN1C. The van der Waals surface area contributed by atoms with E-state index in [1.165, 1.54) is 25.8 Å². The molecule has 0 aromatic rings. The van der Waals surface area contributed by atoms with Gasteiger partial charge in [0.25, 0.3) is 0 Å². The van der Waals surface area contributed by atoms with Crippen LogP contribution >= 0.6 is 0 Å². The van der Waals surface area contributed by atoms with Gasteiger partial charge in [0.05, 0.1) is 6.10 Å². The fraction of sp³-hybridized carbons (Fsp3) is 0.846. The highest BCUT2D eigenvalue weighted by Gasteiger charge is 2.26. The molecule has 2 aliphatic heterocycles. The first-order valence-corrected chi connectivity index (χ1v) is 6.45. The predicted octanol–water partition coefficient (Wildman–Crippen LogP) is 1.09. The van der Waals surface area contributed by atoms with Crippen molar-refractivity contribution in [2.24, 2.45) is 0 Å². The molecule has 2 rings (SSSR count). The van der Waals surface area contributed by atoms with E-state index in [1.54, 1.807) is 0 Å². The van der Waals surface area contributed by atoms with E-state index in [4.69, 9.17) is 0 Å². The normalized spacial score (nSPS) is 35.2. The summed E-state index contributed by atoms with van der Waals surface area (Å²) in [4.78, 5) is 4.63. The molecule has 0 bridgehead atoms. The molecule has 3 nitrogen and oxygen atoms in total. The lowest BCUT2D eigenvalue weighted by Crippen LogP contribution is -2.35. The number of hydrogen-bond donors (Lipinski definition) is 1. The van der Waals surface area contributed by atoms with Crippen molar-refractivity contribution >= 4 is 0 Å². The Hall–Kier alpha value is -0.380. The van der Waals surface area contributed by atoms with Crippen LogP contribution in [0.15, 0.2) is 12.2 Å². The molecule has 2 saturated heterocycles. The molecule has 2 fully saturated rings. The Balaban J connectivity index is 1.86. The van der Waals surface area contributed by atoms with E-state index >= 15 is 0 Å². The molecule has 3 atom stereocenters. The van der Waals surface area contributed by atoms with Crippen molar-refractivity contribution < 1.29 is 5.11 Å². The number of likely N-dealkylation sites (tertiary alicyclic amines) is 2. The van der Waals surface area contributed by atoms with Crippen LogP contribution in [-0.2, 0) is 0 Å². The highest BCUT2D eigenvalue weighted by atomic mass is 16.3. The maximum absolute atomic E-state index is 10.1. The van der Waals surface area contributed by atoms with Crippen LogP contribution in [-0.4, -0.2) is 60.3 Å². The molecule has 0 amide bonds. The van der Waals surface area contributed by atoms with Gasteiger partial charge < -0.3 is 10.0 Å². The number of hydrogen-bond acceptors (Lipinski definition) is 3. The molecule has 0 spiro atoms. The molecule has 0 radical (unpaired) electrons. The third kappa shape index (κ3) is 2.65. The standard InChI is InChI=1S/C13H24N2O/c1-14-9-3-5-11(14)7-8-13(16)12-6-4-10-15(12)2/h7-8,11-13,16H,3-6,9-10H2,1-2H3/b8-7+. The third-order valence-electron chi connectivity index (χ3n) is 4.08. The van der Waals surface area contributed by atoms with Crippen LogP contribution in [0.25, 0.3) is 0 Å². The van der Waals surface area contributed by atoms with E-state index in [9.17, 15) is 5.11 Å². The van der Waals surface area contributed by atoms with Gasteiger partial charge >= 0.3 is 0 Å². The van der Waals surface area contributed by atoms with E-state index in [2.05, 4.69) is 30.0 Å². The van der Waals surface area contributed by atoms with Gasteiger partial charge in [0.2, 0.25) is 0 Å². The second-order valence-corrected chi connectivity index (χ2v) is 5.26. The third-order valence-corrected chi connectivity index (χ3v) is 4.08. The van der Waals surface area contributed by atoms with Gasteiger partial charge in [0.15, 0.2) is 0 Å². The number of nitrogens with zero attached hydrogens (tertiary/aromatic N) is 2. The molecule has 1 N–H and O–H groups in total. The lowest BCUT2D eigenvalue weighted by Gasteiger charge is -2.23. The summed E-state index contributed by atoms with van der Waals surface area (Å²) in [6, 6.07) is 0.879. The molecule has 3 unspecified atom stereocenters. The number of likely N-dealkylation sites (N-methyl/N-ethyl adjacent to an activating group) is 2. The summed E-state index contributed by atoms with van der Waals surface area (Å²) in [6.07, 6.45) is 8.78. The zero-order valence-electron chi connectivity index (χ0n) is 10.5. The van der Waals surface area contributed by atoms with Gasteiger partial charge in [-0.25, -0.2) is 0 Å². The second kappa shape index (κ2) is 5.30. The Morgan fingerprint density at radius 2 is 1.81 bits per heavy atom. The predicted molar refractivity (Wildman–Crippen MR) is 66.5 cm³/mol. The Morgan fingerprint density at radius 3 is 2.38 bits per heavy atom. The molecule has 2 heterocycles. The fourth-order valence-corrected chi connectivity index (χ4v) is 2.92. The minimum Gasteiger partial charge on any atom is -0.387 e. The average Bonchev–Trinajstić information content (AvgIpc) is 2.84. The van der Waals surface area contributed by atoms with Gasteiger partial charge in [-0.05, 0) is 52.9 Å². The molecular weight excluding hydrogens is 200 g/mol. The van der Waals surface area contributed by atoms with Crippen molar-refractivity contribution in [3.8, 4) is 0 Å². The number of aliphatic hydroxyl groups excluding tert-OH is 1. The fourth-order valence-electron chi connectivity index (χ4n) is 2.92. The van der Waals surface area contributed by atoms with E-state index in [1.807, 2.05) is 6.08 Å². The smallest absolute Gasteiger partial charge is 0.0876 e. The summed E-state index contributed by atoms with van der Waals surface area (Å²) < 4.78 is 0. The Labute approximate surface area is 98.7 Å². The van der Waals surface area contributed by atoms with Crippen LogP contribution in [0.4, 0.5) is 0 Å². The summed E-state index contributed by atoms with van der Waals surface area (Å²) in [5.74, 6) is 0. The van der Waals surface area contributed by atoms with Crippen molar-refractivity contribution in [3.63, 3.8) is 0 Å². The summed E-state index contributed by atoms with van der Waals surface area (Å²) in [5, 5.41) is 10.1.